The molecule has 152 valence electrons. The van der Waals surface area contributed by atoms with Gasteiger partial charge in [-0.2, -0.15) is 5.10 Å². The van der Waals surface area contributed by atoms with Crippen molar-refractivity contribution < 1.29 is 14.3 Å². The Bertz CT molecular complexity index is 1030. The molecule has 3 aromatic rings. The summed E-state index contributed by atoms with van der Waals surface area (Å²) in [7, 11) is 0. The molecule has 0 aliphatic heterocycles. The van der Waals surface area contributed by atoms with Crippen molar-refractivity contribution in [3.63, 3.8) is 0 Å². The topological polar surface area (TPSA) is 99.0 Å². The van der Waals surface area contributed by atoms with E-state index in [1.807, 2.05) is 39.0 Å². The second kappa shape index (κ2) is 9.19. The van der Waals surface area contributed by atoms with Crippen LogP contribution in [-0.4, -0.2) is 44.2 Å². The van der Waals surface area contributed by atoms with Crippen LogP contribution in [0.15, 0.2) is 29.3 Å². The van der Waals surface area contributed by atoms with Gasteiger partial charge in [0.25, 0.3) is 0 Å². The lowest BCUT2D eigenvalue weighted by Gasteiger charge is -2.04. The molecule has 0 atom stereocenters. The van der Waals surface area contributed by atoms with E-state index in [1.54, 1.807) is 17.7 Å². The molecule has 0 fully saturated rings. The van der Waals surface area contributed by atoms with Crippen molar-refractivity contribution in [3.05, 3.63) is 46.1 Å². The van der Waals surface area contributed by atoms with Crippen LogP contribution in [0, 0.1) is 20.8 Å². The molecule has 0 aromatic carbocycles. The fraction of sp³-hybridized carbons (Fsp3) is 0.316. The lowest BCUT2D eigenvalue weighted by Crippen LogP contribution is -2.13. The minimum atomic E-state index is -0.372. The molecule has 0 saturated heterocycles. The third kappa shape index (κ3) is 5.21. The van der Waals surface area contributed by atoms with E-state index in [4.69, 9.17) is 4.74 Å². The number of carbonyl (C=O) groups excluding carboxylic acids is 2. The zero-order chi connectivity index (χ0) is 21.0. The first-order valence-electron chi connectivity index (χ1n) is 8.95. The Morgan fingerprint density at radius 3 is 2.62 bits per heavy atom. The molecule has 1 amide bonds. The third-order valence-corrected chi connectivity index (χ3v) is 5.90. The Labute approximate surface area is 176 Å². The van der Waals surface area contributed by atoms with Crippen molar-refractivity contribution in [2.24, 2.45) is 0 Å². The number of aromatic nitrogens is 4. The molecule has 0 saturated carbocycles. The predicted molar refractivity (Wildman–Crippen MR) is 113 cm³/mol. The van der Waals surface area contributed by atoms with E-state index in [0.29, 0.717) is 27.3 Å². The van der Waals surface area contributed by atoms with Crippen LogP contribution >= 0.6 is 23.1 Å². The van der Waals surface area contributed by atoms with Crippen LogP contribution in [0.2, 0.25) is 0 Å². The number of ether oxygens (including phenoxy) is 1. The molecule has 0 bridgehead atoms. The van der Waals surface area contributed by atoms with Gasteiger partial charge in [0, 0.05) is 5.69 Å². The van der Waals surface area contributed by atoms with Gasteiger partial charge >= 0.3 is 5.97 Å². The van der Waals surface area contributed by atoms with Gasteiger partial charge in [-0.25, -0.2) is 9.48 Å². The SMILES string of the molecule is CCOC(=O)c1sc(NC(=O)CSc2ccc(-n3nc(C)cc3C)nn2)cc1C. The molecule has 0 radical (unpaired) electrons. The summed E-state index contributed by atoms with van der Waals surface area (Å²) in [6.45, 7) is 7.76. The van der Waals surface area contributed by atoms with Crippen LogP contribution in [0.25, 0.3) is 5.82 Å². The Morgan fingerprint density at radius 1 is 1.21 bits per heavy atom. The highest BCUT2D eigenvalue weighted by Crippen LogP contribution is 2.27. The van der Waals surface area contributed by atoms with E-state index >= 15 is 0 Å². The number of esters is 1. The maximum Gasteiger partial charge on any atom is 0.348 e. The van der Waals surface area contributed by atoms with Gasteiger partial charge in [0.1, 0.15) is 9.90 Å². The van der Waals surface area contributed by atoms with Gasteiger partial charge in [-0.1, -0.05) is 11.8 Å². The molecular formula is C19H21N5O3S2. The van der Waals surface area contributed by atoms with Crippen LogP contribution in [0.5, 0.6) is 0 Å². The molecule has 10 heteroatoms. The van der Waals surface area contributed by atoms with Gasteiger partial charge in [-0.3, -0.25) is 4.79 Å². The largest absolute Gasteiger partial charge is 0.462 e. The highest BCUT2D eigenvalue weighted by molar-refractivity contribution is 7.99. The summed E-state index contributed by atoms with van der Waals surface area (Å²) >= 11 is 2.49. The van der Waals surface area contributed by atoms with Gasteiger partial charge in [-0.15, -0.1) is 21.5 Å². The summed E-state index contributed by atoms with van der Waals surface area (Å²) < 4.78 is 6.74. The Hall–Kier alpha value is -2.72. The molecule has 0 aliphatic carbocycles. The minimum Gasteiger partial charge on any atom is -0.462 e. The second-order valence-electron chi connectivity index (χ2n) is 6.25. The van der Waals surface area contributed by atoms with Crippen molar-refractivity contribution in [3.8, 4) is 5.82 Å². The lowest BCUT2D eigenvalue weighted by atomic mass is 10.3. The van der Waals surface area contributed by atoms with Crippen molar-refractivity contribution in [2.75, 3.05) is 17.7 Å². The quantitative estimate of drug-likeness (QED) is 0.451. The second-order valence-corrected chi connectivity index (χ2v) is 8.30. The summed E-state index contributed by atoms with van der Waals surface area (Å²) in [6.07, 6.45) is 0. The van der Waals surface area contributed by atoms with Gasteiger partial charge in [-0.05, 0) is 57.5 Å². The highest BCUT2D eigenvalue weighted by atomic mass is 32.2. The molecule has 1 N–H and O–H groups in total. The number of amides is 1. The Morgan fingerprint density at radius 2 is 2.00 bits per heavy atom. The fourth-order valence-electron chi connectivity index (χ4n) is 2.62. The van der Waals surface area contributed by atoms with Crippen LogP contribution < -0.4 is 5.32 Å². The third-order valence-electron chi connectivity index (χ3n) is 3.84. The zero-order valence-electron chi connectivity index (χ0n) is 16.6. The standard InChI is InChI=1S/C19H21N5O3S2/c1-5-27-19(26)18-11(2)8-17(29-18)20-15(25)10-28-16-7-6-14(21-22-16)24-13(4)9-12(3)23-24/h6-9H,5,10H2,1-4H3,(H,20,25). The summed E-state index contributed by atoms with van der Waals surface area (Å²) in [5.41, 5.74) is 2.67. The van der Waals surface area contributed by atoms with E-state index in [1.165, 1.54) is 23.1 Å². The monoisotopic (exact) mass is 431 g/mol. The number of nitrogens with one attached hydrogen (secondary N) is 1. The number of carbonyl (C=O) groups is 2. The number of aryl methyl sites for hydroxylation is 3. The molecular weight excluding hydrogens is 410 g/mol. The number of anilines is 1. The number of rotatable bonds is 7. The Kier molecular flexibility index (Phi) is 6.65. The molecule has 0 unspecified atom stereocenters. The van der Waals surface area contributed by atoms with Crippen molar-refractivity contribution in [1.82, 2.24) is 20.0 Å². The number of thioether (sulfide) groups is 1. The molecule has 3 rings (SSSR count). The van der Waals surface area contributed by atoms with E-state index in [9.17, 15) is 9.59 Å². The number of hydrogen-bond donors (Lipinski definition) is 1. The fourth-order valence-corrected chi connectivity index (χ4v) is 4.22. The number of nitrogens with zero attached hydrogens (tertiary/aromatic N) is 4. The summed E-state index contributed by atoms with van der Waals surface area (Å²) in [6, 6.07) is 7.36. The zero-order valence-corrected chi connectivity index (χ0v) is 18.2. The molecule has 0 spiro atoms. The molecule has 3 aromatic heterocycles. The molecule has 29 heavy (non-hydrogen) atoms. The average molecular weight is 432 g/mol. The van der Waals surface area contributed by atoms with Crippen molar-refractivity contribution in [1.29, 1.82) is 0 Å². The average Bonchev–Trinajstić information content (AvgIpc) is 3.21. The van der Waals surface area contributed by atoms with Gasteiger partial charge in [0.15, 0.2) is 5.82 Å². The first-order chi connectivity index (χ1) is 13.9. The van der Waals surface area contributed by atoms with Crippen LogP contribution in [0.1, 0.15) is 33.5 Å². The minimum absolute atomic E-state index is 0.180. The summed E-state index contributed by atoms with van der Waals surface area (Å²) in [5.74, 6) is 0.253. The molecule has 8 nitrogen and oxygen atoms in total. The molecule has 3 heterocycles. The van der Waals surface area contributed by atoms with E-state index < -0.39 is 0 Å². The number of hydrogen-bond acceptors (Lipinski definition) is 8. The maximum atomic E-state index is 12.2. The van der Waals surface area contributed by atoms with Gasteiger partial charge in [0.05, 0.1) is 23.1 Å². The smallest absolute Gasteiger partial charge is 0.348 e. The number of thiophene rings is 1. The highest BCUT2D eigenvalue weighted by Gasteiger charge is 2.16. The van der Waals surface area contributed by atoms with E-state index in [-0.39, 0.29) is 17.6 Å². The first kappa shape index (κ1) is 21.0. The van der Waals surface area contributed by atoms with Crippen molar-refractivity contribution in [2.45, 2.75) is 32.7 Å². The van der Waals surface area contributed by atoms with Crippen LogP contribution in [0.4, 0.5) is 5.00 Å². The maximum absolute atomic E-state index is 12.2. The van der Waals surface area contributed by atoms with Gasteiger partial charge in [0.2, 0.25) is 5.91 Å². The first-order valence-corrected chi connectivity index (χ1v) is 10.7. The van der Waals surface area contributed by atoms with Gasteiger partial charge < -0.3 is 10.1 Å². The predicted octanol–water partition coefficient (Wildman–Crippen LogP) is 3.56. The van der Waals surface area contributed by atoms with E-state index in [2.05, 4.69) is 20.6 Å². The summed E-state index contributed by atoms with van der Waals surface area (Å²) in [5, 5.41) is 16.8. The van der Waals surface area contributed by atoms with Crippen molar-refractivity contribution >= 4 is 40.0 Å². The normalized spacial score (nSPS) is 10.8. The lowest BCUT2D eigenvalue weighted by molar-refractivity contribution is -0.113. The summed E-state index contributed by atoms with van der Waals surface area (Å²) in [4.78, 5) is 24.6. The Balaban J connectivity index is 1.56. The molecule has 0 aliphatic rings. The van der Waals surface area contributed by atoms with E-state index in [0.717, 1.165) is 17.0 Å². The van der Waals surface area contributed by atoms with Crippen LogP contribution in [0.3, 0.4) is 0 Å². The van der Waals surface area contributed by atoms with Crippen LogP contribution in [-0.2, 0) is 9.53 Å².